The van der Waals surface area contributed by atoms with Crippen LogP contribution in [-0.2, 0) is 12.5 Å². The molecule has 5 aromatic rings. The summed E-state index contributed by atoms with van der Waals surface area (Å²) < 4.78 is 4.90. The highest BCUT2D eigenvalue weighted by Gasteiger charge is 2.41. The third-order valence-electron chi connectivity index (χ3n) is 7.65. The summed E-state index contributed by atoms with van der Waals surface area (Å²) in [6.07, 6.45) is 0. The fourth-order valence-corrected chi connectivity index (χ4v) is 5.96. The molecule has 0 saturated heterocycles. The van der Waals surface area contributed by atoms with Gasteiger partial charge < -0.3 is 0 Å². The summed E-state index contributed by atoms with van der Waals surface area (Å²) >= 11 is 0. The van der Waals surface area contributed by atoms with Crippen LogP contribution in [0.25, 0.3) is 38.8 Å². The summed E-state index contributed by atoms with van der Waals surface area (Å²) in [6.45, 7) is 11.4. The molecule has 2 heteroatoms. The first-order valence-corrected chi connectivity index (χ1v) is 11.5. The Morgan fingerprint density at radius 1 is 0.781 bits per heavy atom. The van der Waals surface area contributed by atoms with Gasteiger partial charge in [-0.3, -0.25) is 0 Å². The van der Waals surface area contributed by atoms with E-state index in [9.17, 15) is 0 Å². The molecule has 0 radical (unpaired) electrons. The van der Waals surface area contributed by atoms with E-state index in [2.05, 4.69) is 118 Å². The van der Waals surface area contributed by atoms with E-state index in [1.807, 2.05) is 0 Å². The van der Waals surface area contributed by atoms with E-state index in [0.29, 0.717) is 0 Å². The van der Waals surface area contributed by atoms with Crippen molar-refractivity contribution < 1.29 is 4.57 Å². The molecule has 3 aromatic carbocycles. The number of aryl methyl sites for hydroxylation is 3. The Labute approximate surface area is 189 Å². The maximum atomic E-state index is 2.48. The van der Waals surface area contributed by atoms with Crippen molar-refractivity contribution in [3.8, 4) is 16.9 Å². The van der Waals surface area contributed by atoms with Crippen LogP contribution >= 0.6 is 0 Å². The Balaban J connectivity index is 1.75. The molecular formula is C30H29N2+. The lowest BCUT2D eigenvalue weighted by Gasteiger charge is -2.21. The lowest BCUT2D eigenvalue weighted by molar-refractivity contribution is -0.675. The molecule has 0 fully saturated rings. The molecule has 6 rings (SSSR count). The Hall–Kier alpha value is -3.39. The molecular weight excluding hydrogens is 388 g/mol. The van der Waals surface area contributed by atoms with E-state index < -0.39 is 0 Å². The van der Waals surface area contributed by atoms with E-state index in [1.54, 1.807) is 0 Å². The van der Waals surface area contributed by atoms with Crippen molar-refractivity contribution in [3.63, 3.8) is 0 Å². The lowest BCUT2D eigenvalue weighted by atomic mass is 9.85. The second-order valence-corrected chi connectivity index (χ2v) is 9.94. The van der Waals surface area contributed by atoms with Crippen molar-refractivity contribution in [1.82, 2.24) is 4.57 Å². The molecule has 0 amide bonds. The highest BCUT2D eigenvalue weighted by Crippen LogP contribution is 2.47. The van der Waals surface area contributed by atoms with Gasteiger partial charge in [-0.2, -0.15) is 4.57 Å². The lowest BCUT2D eigenvalue weighted by Crippen LogP contribution is -2.43. The molecule has 1 aliphatic carbocycles. The predicted octanol–water partition coefficient (Wildman–Crippen LogP) is 6.84. The van der Waals surface area contributed by atoms with Gasteiger partial charge in [-0.05, 0) is 81.1 Å². The molecule has 158 valence electrons. The van der Waals surface area contributed by atoms with Crippen LogP contribution in [-0.4, -0.2) is 4.57 Å². The summed E-state index contributed by atoms with van der Waals surface area (Å²) in [6, 6.07) is 24.9. The molecule has 2 heterocycles. The molecule has 0 atom stereocenters. The van der Waals surface area contributed by atoms with Gasteiger partial charge in [0.1, 0.15) is 16.7 Å². The average molecular weight is 418 g/mol. The minimum Gasteiger partial charge on any atom is -0.232 e. The molecule has 0 unspecified atom stereocenters. The summed E-state index contributed by atoms with van der Waals surface area (Å²) in [5.41, 5.74) is 12.0. The van der Waals surface area contributed by atoms with Gasteiger partial charge >= 0.3 is 0 Å². The standard InChI is InChI=1S/C30H29N2/c1-18-11-15-26-24(17-18)22-13-12-19(2)20(3)28(22)32(26)27-16-14-23-21-9-7-8-10-25(21)30(4,5)29(23)31(27)6/h7-17H,1-6H3/q+1. The topological polar surface area (TPSA) is 8.81 Å². The van der Waals surface area contributed by atoms with E-state index in [0.717, 1.165) is 0 Å². The molecule has 0 aliphatic heterocycles. The summed E-state index contributed by atoms with van der Waals surface area (Å²) in [5, 5.41) is 2.65. The SMILES string of the molecule is Cc1ccc2c(c1)c1ccc(C)c(C)c1n2-c1ccc2c([n+]1C)C(C)(C)c1ccccc1-2. The fourth-order valence-electron chi connectivity index (χ4n) is 5.96. The van der Waals surface area contributed by atoms with Gasteiger partial charge in [0.05, 0.1) is 12.5 Å². The quantitative estimate of drug-likeness (QED) is 0.264. The molecule has 2 aromatic heterocycles. The molecule has 0 saturated carbocycles. The van der Waals surface area contributed by atoms with E-state index in [4.69, 9.17) is 0 Å². The van der Waals surface area contributed by atoms with E-state index >= 15 is 0 Å². The molecule has 0 bridgehead atoms. The highest BCUT2D eigenvalue weighted by molar-refractivity contribution is 6.10. The maximum absolute atomic E-state index is 2.48. The third-order valence-corrected chi connectivity index (χ3v) is 7.65. The number of nitrogens with zero attached hydrogens (tertiary/aromatic N) is 2. The maximum Gasteiger partial charge on any atom is 0.286 e. The van der Waals surface area contributed by atoms with Crippen LogP contribution in [0.2, 0.25) is 0 Å². The van der Waals surface area contributed by atoms with Crippen molar-refractivity contribution in [2.45, 2.75) is 40.0 Å². The Bertz CT molecular complexity index is 1580. The number of fused-ring (bicyclic) bond motifs is 6. The first kappa shape index (κ1) is 19.3. The number of hydrogen-bond donors (Lipinski definition) is 0. The van der Waals surface area contributed by atoms with E-state index in [-0.39, 0.29) is 5.41 Å². The van der Waals surface area contributed by atoms with Gasteiger partial charge in [0.2, 0.25) is 0 Å². The number of rotatable bonds is 1. The Morgan fingerprint density at radius 3 is 2.38 bits per heavy atom. The highest BCUT2D eigenvalue weighted by atomic mass is 15.1. The van der Waals surface area contributed by atoms with Crippen LogP contribution in [0, 0.1) is 20.8 Å². The van der Waals surface area contributed by atoms with Crippen molar-refractivity contribution in [2.75, 3.05) is 0 Å². The zero-order chi connectivity index (χ0) is 22.4. The van der Waals surface area contributed by atoms with Crippen molar-refractivity contribution in [3.05, 3.63) is 94.7 Å². The van der Waals surface area contributed by atoms with Crippen molar-refractivity contribution >= 4 is 21.8 Å². The minimum absolute atomic E-state index is 0.0446. The van der Waals surface area contributed by atoms with Crippen molar-refractivity contribution in [1.29, 1.82) is 0 Å². The summed E-state index contributed by atoms with van der Waals surface area (Å²) in [5.74, 6) is 1.21. The fraction of sp³-hybridized carbons (Fsp3) is 0.233. The van der Waals surface area contributed by atoms with Crippen LogP contribution in [0.4, 0.5) is 0 Å². The van der Waals surface area contributed by atoms with Gasteiger partial charge in [0, 0.05) is 22.4 Å². The molecule has 1 aliphatic rings. The zero-order valence-electron chi connectivity index (χ0n) is 19.7. The number of pyridine rings is 1. The van der Waals surface area contributed by atoms with Gasteiger partial charge in [-0.15, -0.1) is 0 Å². The molecule has 0 spiro atoms. The molecule has 2 nitrogen and oxygen atoms in total. The van der Waals surface area contributed by atoms with Gasteiger partial charge in [0.15, 0.2) is 0 Å². The van der Waals surface area contributed by atoms with Gasteiger partial charge in [-0.1, -0.05) is 42.0 Å². The monoisotopic (exact) mass is 417 g/mol. The largest absolute Gasteiger partial charge is 0.286 e. The first-order valence-electron chi connectivity index (χ1n) is 11.5. The van der Waals surface area contributed by atoms with Crippen LogP contribution in [0.5, 0.6) is 0 Å². The van der Waals surface area contributed by atoms with Gasteiger partial charge in [0.25, 0.3) is 5.82 Å². The number of benzene rings is 3. The second-order valence-electron chi connectivity index (χ2n) is 9.94. The number of hydrogen-bond acceptors (Lipinski definition) is 0. The minimum atomic E-state index is -0.0446. The van der Waals surface area contributed by atoms with Crippen molar-refractivity contribution in [2.24, 2.45) is 7.05 Å². The van der Waals surface area contributed by atoms with Crippen LogP contribution in [0.1, 0.15) is 41.8 Å². The average Bonchev–Trinajstić information content (AvgIpc) is 3.21. The third kappa shape index (κ3) is 2.33. The van der Waals surface area contributed by atoms with Crippen LogP contribution in [0.15, 0.2) is 66.7 Å². The normalized spacial score (nSPS) is 14.2. The van der Waals surface area contributed by atoms with Crippen LogP contribution in [0.3, 0.4) is 0 Å². The summed E-state index contributed by atoms with van der Waals surface area (Å²) in [4.78, 5) is 0. The second kappa shape index (κ2) is 6.32. The van der Waals surface area contributed by atoms with Gasteiger partial charge in [-0.25, -0.2) is 4.57 Å². The predicted molar refractivity (Wildman–Crippen MR) is 134 cm³/mol. The first-order chi connectivity index (χ1) is 15.3. The smallest absolute Gasteiger partial charge is 0.232 e. The molecule has 32 heavy (non-hydrogen) atoms. The van der Waals surface area contributed by atoms with Crippen LogP contribution < -0.4 is 4.57 Å². The number of aromatic nitrogens is 2. The van der Waals surface area contributed by atoms with E-state index in [1.165, 1.54) is 66.7 Å². The summed E-state index contributed by atoms with van der Waals surface area (Å²) in [7, 11) is 2.23. The zero-order valence-corrected chi connectivity index (χ0v) is 19.7. The Kier molecular flexibility index (Phi) is 3.81. The Morgan fingerprint density at radius 2 is 1.56 bits per heavy atom. The molecule has 0 N–H and O–H groups in total.